The lowest BCUT2D eigenvalue weighted by atomic mass is 10.1. The monoisotopic (exact) mass is 397 g/mol. The van der Waals surface area contributed by atoms with Gasteiger partial charge in [-0.1, -0.05) is 35.9 Å². The summed E-state index contributed by atoms with van der Waals surface area (Å²) in [5.74, 6) is -1.13. The van der Waals surface area contributed by atoms with Crippen LogP contribution in [0.3, 0.4) is 0 Å². The number of rotatable bonds is 5. The molecular formula is C21H20ClN3O3. The summed E-state index contributed by atoms with van der Waals surface area (Å²) in [7, 11) is 0. The molecule has 2 aromatic carbocycles. The van der Waals surface area contributed by atoms with Gasteiger partial charge in [-0.3, -0.25) is 14.4 Å². The highest BCUT2D eigenvalue weighted by atomic mass is 35.5. The normalized spacial score (nSPS) is 18.8. The summed E-state index contributed by atoms with van der Waals surface area (Å²) >= 11 is 6.19. The van der Waals surface area contributed by atoms with Crippen molar-refractivity contribution < 1.29 is 14.4 Å². The second-order valence-electron chi connectivity index (χ2n) is 7.14. The molecule has 2 fully saturated rings. The zero-order valence-corrected chi connectivity index (χ0v) is 15.9. The molecule has 0 radical (unpaired) electrons. The highest BCUT2D eigenvalue weighted by molar-refractivity contribution is 6.34. The lowest BCUT2D eigenvalue weighted by molar-refractivity contribution is -0.122. The molecule has 4 rings (SSSR count). The van der Waals surface area contributed by atoms with Gasteiger partial charge in [0.05, 0.1) is 27.9 Å². The third kappa shape index (κ3) is 3.87. The van der Waals surface area contributed by atoms with Crippen molar-refractivity contribution in [2.24, 2.45) is 5.92 Å². The summed E-state index contributed by atoms with van der Waals surface area (Å²) in [5, 5.41) is 6.22. The zero-order chi connectivity index (χ0) is 19.7. The molecule has 0 aromatic heterocycles. The topological polar surface area (TPSA) is 78.5 Å². The molecule has 2 N–H and O–H groups in total. The van der Waals surface area contributed by atoms with E-state index < -0.39 is 5.92 Å². The van der Waals surface area contributed by atoms with Gasteiger partial charge in [0, 0.05) is 19.0 Å². The molecule has 6 nitrogen and oxygen atoms in total. The smallest absolute Gasteiger partial charge is 0.253 e. The predicted molar refractivity (Wildman–Crippen MR) is 107 cm³/mol. The third-order valence-electron chi connectivity index (χ3n) is 4.98. The van der Waals surface area contributed by atoms with E-state index in [1.807, 2.05) is 0 Å². The summed E-state index contributed by atoms with van der Waals surface area (Å²) in [6.07, 6.45) is 2.08. The van der Waals surface area contributed by atoms with E-state index in [4.69, 9.17) is 11.6 Å². The average Bonchev–Trinajstić information content (AvgIpc) is 3.41. The molecular weight excluding hydrogens is 378 g/mol. The number of hydrogen-bond acceptors (Lipinski definition) is 3. The van der Waals surface area contributed by atoms with Gasteiger partial charge in [-0.05, 0) is 37.1 Å². The molecule has 1 heterocycles. The maximum atomic E-state index is 12.8. The number of para-hydroxylation sites is 2. The van der Waals surface area contributed by atoms with Crippen LogP contribution in [0, 0.1) is 5.92 Å². The van der Waals surface area contributed by atoms with E-state index >= 15 is 0 Å². The maximum Gasteiger partial charge on any atom is 0.253 e. The first kappa shape index (κ1) is 18.5. The van der Waals surface area contributed by atoms with Crippen LogP contribution in [0.25, 0.3) is 0 Å². The maximum absolute atomic E-state index is 12.8. The fourth-order valence-corrected chi connectivity index (χ4v) is 3.54. The van der Waals surface area contributed by atoms with Crippen LogP contribution in [-0.4, -0.2) is 30.3 Å². The molecule has 1 saturated carbocycles. The van der Waals surface area contributed by atoms with Crippen molar-refractivity contribution in [1.29, 1.82) is 0 Å². The van der Waals surface area contributed by atoms with Crippen molar-refractivity contribution in [3.05, 3.63) is 59.1 Å². The second kappa shape index (κ2) is 7.64. The number of carbonyl (C=O) groups excluding carboxylic acids is 3. The number of benzene rings is 2. The summed E-state index contributed by atoms with van der Waals surface area (Å²) in [5.41, 5.74) is 1.48. The van der Waals surface area contributed by atoms with Gasteiger partial charge in [-0.2, -0.15) is 0 Å². The highest BCUT2D eigenvalue weighted by Gasteiger charge is 2.36. The fraction of sp³-hybridized carbons (Fsp3) is 0.286. The van der Waals surface area contributed by atoms with Crippen molar-refractivity contribution >= 4 is 40.7 Å². The van der Waals surface area contributed by atoms with E-state index in [1.54, 1.807) is 48.5 Å². The Hall–Kier alpha value is -2.86. The lowest BCUT2D eigenvalue weighted by Crippen LogP contribution is -2.30. The van der Waals surface area contributed by atoms with Crippen molar-refractivity contribution in [2.75, 3.05) is 16.8 Å². The van der Waals surface area contributed by atoms with Crippen molar-refractivity contribution in [2.45, 2.75) is 25.3 Å². The van der Waals surface area contributed by atoms with Gasteiger partial charge in [0.25, 0.3) is 5.91 Å². The number of amides is 3. The van der Waals surface area contributed by atoms with Gasteiger partial charge in [0.2, 0.25) is 11.8 Å². The van der Waals surface area contributed by atoms with Crippen LogP contribution in [0.15, 0.2) is 48.5 Å². The number of nitrogens with one attached hydrogen (secondary N) is 2. The Morgan fingerprint density at radius 1 is 1.04 bits per heavy atom. The van der Waals surface area contributed by atoms with Crippen LogP contribution in [0.4, 0.5) is 11.4 Å². The molecule has 1 aliphatic heterocycles. The molecule has 1 unspecified atom stereocenters. The van der Waals surface area contributed by atoms with Crippen molar-refractivity contribution in [3.63, 3.8) is 0 Å². The second-order valence-corrected chi connectivity index (χ2v) is 7.55. The molecule has 1 aliphatic carbocycles. The average molecular weight is 398 g/mol. The van der Waals surface area contributed by atoms with Crippen LogP contribution in [-0.2, 0) is 9.59 Å². The van der Waals surface area contributed by atoms with Crippen LogP contribution >= 0.6 is 11.6 Å². The summed E-state index contributed by atoms with van der Waals surface area (Å²) in [6, 6.07) is 14.2. The van der Waals surface area contributed by atoms with E-state index in [0.29, 0.717) is 22.0 Å². The standard InChI is InChI=1S/C21H20ClN3O3/c22-16-6-2-4-8-18(16)25-12-13(11-19(25)26)20(27)24-17-7-3-1-5-15(17)21(28)23-14-9-10-14/h1-8,13-14H,9-12H2,(H,23,28)(H,24,27). The minimum absolute atomic E-state index is 0.105. The Balaban J connectivity index is 1.47. The van der Waals surface area contributed by atoms with E-state index in [0.717, 1.165) is 12.8 Å². The lowest BCUT2D eigenvalue weighted by Gasteiger charge is -2.18. The summed E-state index contributed by atoms with van der Waals surface area (Å²) < 4.78 is 0. The SMILES string of the molecule is O=C(NC1CC1)c1ccccc1NC(=O)C1CC(=O)N(c2ccccc2Cl)C1. The van der Waals surface area contributed by atoms with Gasteiger partial charge in [0.1, 0.15) is 0 Å². The Labute approximate surface area is 167 Å². The Kier molecular flexibility index (Phi) is 5.05. The number of carbonyl (C=O) groups is 3. The fourth-order valence-electron chi connectivity index (χ4n) is 3.30. The number of nitrogens with zero attached hydrogens (tertiary/aromatic N) is 1. The first-order valence-electron chi connectivity index (χ1n) is 9.28. The molecule has 1 atom stereocenters. The van der Waals surface area contributed by atoms with E-state index in [1.165, 1.54) is 4.90 Å². The zero-order valence-electron chi connectivity index (χ0n) is 15.2. The highest BCUT2D eigenvalue weighted by Crippen LogP contribution is 2.31. The van der Waals surface area contributed by atoms with Gasteiger partial charge < -0.3 is 15.5 Å². The first-order chi connectivity index (χ1) is 13.5. The number of halogens is 1. The Morgan fingerprint density at radius 3 is 2.50 bits per heavy atom. The largest absolute Gasteiger partial charge is 0.349 e. The van der Waals surface area contributed by atoms with E-state index in [-0.39, 0.29) is 36.7 Å². The number of anilines is 2. The van der Waals surface area contributed by atoms with Crippen molar-refractivity contribution in [1.82, 2.24) is 5.32 Å². The molecule has 7 heteroatoms. The van der Waals surface area contributed by atoms with Crippen LogP contribution in [0.2, 0.25) is 5.02 Å². The van der Waals surface area contributed by atoms with Gasteiger partial charge in [0.15, 0.2) is 0 Å². The number of hydrogen-bond donors (Lipinski definition) is 2. The van der Waals surface area contributed by atoms with Crippen LogP contribution in [0.1, 0.15) is 29.6 Å². The molecule has 0 spiro atoms. The molecule has 3 amide bonds. The quantitative estimate of drug-likeness (QED) is 0.813. The molecule has 28 heavy (non-hydrogen) atoms. The minimum atomic E-state index is -0.511. The van der Waals surface area contributed by atoms with Crippen LogP contribution in [0.5, 0.6) is 0 Å². The Morgan fingerprint density at radius 2 is 1.75 bits per heavy atom. The van der Waals surface area contributed by atoms with Gasteiger partial charge in [-0.15, -0.1) is 0 Å². The van der Waals surface area contributed by atoms with E-state index in [9.17, 15) is 14.4 Å². The van der Waals surface area contributed by atoms with Gasteiger partial charge >= 0.3 is 0 Å². The van der Waals surface area contributed by atoms with Crippen LogP contribution < -0.4 is 15.5 Å². The molecule has 2 aliphatic rings. The van der Waals surface area contributed by atoms with Crippen molar-refractivity contribution in [3.8, 4) is 0 Å². The summed E-state index contributed by atoms with van der Waals surface area (Å²) in [6.45, 7) is 0.255. The molecule has 2 aromatic rings. The molecule has 0 bridgehead atoms. The molecule has 1 saturated heterocycles. The van der Waals surface area contributed by atoms with Gasteiger partial charge in [-0.25, -0.2) is 0 Å². The predicted octanol–water partition coefficient (Wildman–Crippen LogP) is 3.22. The van der Waals surface area contributed by atoms with E-state index in [2.05, 4.69) is 10.6 Å². The first-order valence-corrected chi connectivity index (χ1v) is 9.66. The Bertz CT molecular complexity index is 942. The summed E-state index contributed by atoms with van der Waals surface area (Å²) in [4.78, 5) is 39.1. The minimum Gasteiger partial charge on any atom is -0.349 e. The third-order valence-corrected chi connectivity index (χ3v) is 5.30. The molecule has 144 valence electrons.